The molecule has 2 rings (SSSR count). The highest BCUT2D eigenvalue weighted by molar-refractivity contribution is 7.15. The summed E-state index contributed by atoms with van der Waals surface area (Å²) in [6.45, 7) is 3.73. The van der Waals surface area contributed by atoms with E-state index in [0.717, 1.165) is 37.4 Å². The van der Waals surface area contributed by atoms with E-state index in [4.69, 9.17) is 0 Å². The van der Waals surface area contributed by atoms with Crippen molar-refractivity contribution in [3.8, 4) is 0 Å². The van der Waals surface area contributed by atoms with Crippen LogP contribution in [0.1, 0.15) is 37.6 Å². The van der Waals surface area contributed by atoms with Crippen LogP contribution in [-0.4, -0.2) is 34.2 Å². The number of hydrogen-bond donors (Lipinski definition) is 1. The molecule has 0 bridgehead atoms. The van der Waals surface area contributed by atoms with Gasteiger partial charge in [0.25, 0.3) is 0 Å². The summed E-state index contributed by atoms with van der Waals surface area (Å²) in [5, 5.41) is 12.3. The van der Waals surface area contributed by atoms with Crippen molar-refractivity contribution in [1.29, 1.82) is 0 Å². The number of anilines is 1. The van der Waals surface area contributed by atoms with Crippen LogP contribution in [0.5, 0.6) is 0 Å². The highest BCUT2D eigenvalue weighted by Crippen LogP contribution is 2.17. The van der Waals surface area contributed by atoms with Crippen molar-refractivity contribution in [1.82, 2.24) is 15.1 Å². The lowest BCUT2D eigenvalue weighted by Crippen LogP contribution is -2.35. The van der Waals surface area contributed by atoms with Crippen molar-refractivity contribution in [2.45, 2.75) is 39.0 Å². The van der Waals surface area contributed by atoms with Crippen molar-refractivity contribution < 1.29 is 4.79 Å². The van der Waals surface area contributed by atoms with Crippen molar-refractivity contribution in [3.05, 3.63) is 5.01 Å². The summed E-state index contributed by atoms with van der Waals surface area (Å²) in [6.07, 6.45) is 5.51. The Hall–Kier alpha value is -1.17. The van der Waals surface area contributed by atoms with Crippen LogP contribution < -0.4 is 5.32 Å². The molecule has 0 spiro atoms. The fraction of sp³-hybridized carbons (Fsp3) is 0.727. The molecule has 1 aliphatic rings. The van der Waals surface area contributed by atoms with Crippen LogP contribution in [0.15, 0.2) is 0 Å². The minimum Gasteiger partial charge on any atom is -0.324 e. The zero-order valence-corrected chi connectivity index (χ0v) is 10.9. The minimum absolute atomic E-state index is 0.0364. The molecule has 2 heterocycles. The first kappa shape index (κ1) is 12.3. The molecule has 1 aromatic heterocycles. The molecule has 0 atom stereocenters. The number of aryl methyl sites for hydroxylation is 1. The number of carbonyl (C=O) groups is 1. The second-order valence-electron chi connectivity index (χ2n) is 4.19. The largest absolute Gasteiger partial charge is 0.324 e. The summed E-state index contributed by atoms with van der Waals surface area (Å²) in [5.41, 5.74) is 0. The predicted octanol–water partition coefficient (Wildman–Crippen LogP) is 2.51. The molecular formula is C11H18N4OS. The van der Waals surface area contributed by atoms with Crippen LogP contribution in [0.2, 0.25) is 0 Å². The molecular weight excluding hydrogens is 236 g/mol. The number of nitrogens with zero attached hydrogens (tertiary/aromatic N) is 3. The van der Waals surface area contributed by atoms with E-state index in [-0.39, 0.29) is 6.03 Å². The number of aromatic nitrogens is 2. The fourth-order valence-corrected chi connectivity index (χ4v) is 2.56. The van der Waals surface area contributed by atoms with Crippen LogP contribution in [0.4, 0.5) is 9.93 Å². The van der Waals surface area contributed by atoms with Crippen LogP contribution in [0.3, 0.4) is 0 Å². The quantitative estimate of drug-likeness (QED) is 0.882. The van der Waals surface area contributed by atoms with Gasteiger partial charge in [-0.25, -0.2) is 4.79 Å². The smallest absolute Gasteiger partial charge is 0.323 e. The Kier molecular flexibility index (Phi) is 4.30. The molecule has 5 nitrogen and oxygen atoms in total. The first-order chi connectivity index (χ1) is 8.29. The summed E-state index contributed by atoms with van der Waals surface area (Å²) in [4.78, 5) is 13.8. The number of nitrogens with one attached hydrogen (secondary N) is 1. The van der Waals surface area contributed by atoms with E-state index in [1.807, 2.05) is 11.8 Å². The van der Waals surface area contributed by atoms with Gasteiger partial charge in [-0.3, -0.25) is 5.32 Å². The summed E-state index contributed by atoms with van der Waals surface area (Å²) in [6, 6.07) is -0.0364. The zero-order valence-electron chi connectivity index (χ0n) is 10.1. The SMILES string of the molecule is CCc1nnc(NC(=O)N2CCCCCC2)s1. The average Bonchev–Trinajstić information content (AvgIpc) is 2.62. The maximum atomic E-state index is 12.0. The lowest BCUT2D eigenvalue weighted by molar-refractivity contribution is 0.213. The lowest BCUT2D eigenvalue weighted by atomic mass is 10.2. The van der Waals surface area contributed by atoms with Crippen LogP contribution in [0.25, 0.3) is 0 Å². The molecule has 94 valence electrons. The Morgan fingerprint density at radius 1 is 1.29 bits per heavy atom. The lowest BCUT2D eigenvalue weighted by Gasteiger charge is -2.19. The van der Waals surface area contributed by atoms with Crippen molar-refractivity contribution in [2.75, 3.05) is 18.4 Å². The average molecular weight is 254 g/mol. The van der Waals surface area contributed by atoms with Crippen LogP contribution >= 0.6 is 11.3 Å². The van der Waals surface area contributed by atoms with Gasteiger partial charge in [0.05, 0.1) is 0 Å². The molecule has 1 saturated heterocycles. The molecule has 0 aliphatic carbocycles. The van der Waals surface area contributed by atoms with Gasteiger partial charge in [0.15, 0.2) is 0 Å². The molecule has 0 radical (unpaired) electrons. The number of likely N-dealkylation sites (tertiary alicyclic amines) is 1. The highest BCUT2D eigenvalue weighted by Gasteiger charge is 2.16. The number of hydrogen-bond acceptors (Lipinski definition) is 4. The van der Waals surface area contributed by atoms with Gasteiger partial charge < -0.3 is 4.90 Å². The van der Waals surface area contributed by atoms with E-state index in [0.29, 0.717) is 5.13 Å². The molecule has 0 aromatic carbocycles. The van der Waals surface area contributed by atoms with Gasteiger partial charge in [-0.1, -0.05) is 31.1 Å². The molecule has 1 aromatic rings. The first-order valence-electron chi connectivity index (χ1n) is 6.18. The van der Waals surface area contributed by atoms with Gasteiger partial charge in [0.1, 0.15) is 5.01 Å². The molecule has 1 fully saturated rings. The third-order valence-electron chi connectivity index (χ3n) is 2.88. The summed E-state index contributed by atoms with van der Waals surface area (Å²) < 4.78 is 0. The van der Waals surface area contributed by atoms with Gasteiger partial charge in [-0.2, -0.15) is 0 Å². The Morgan fingerprint density at radius 2 is 2.00 bits per heavy atom. The van der Waals surface area contributed by atoms with Crippen molar-refractivity contribution in [3.63, 3.8) is 0 Å². The predicted molar refractivity (Wildman–Crippen MR) is 68.3 cm³/mol. The topological polar surface area (TPSA) is 58.1 Å². The van der Waals surface area contributed by atoms with Crippen molar-refractivity contribution in [2.24, 2.45) is 0 Å². The van der Waals surface area contributed by atoms with E-state index in [9.17, 15) is 4.79 Å². The maximum absolute atomic E-state index is 12.0. The van der Waals surface area contributed by atoms with E-state index in [1.165, 1.54) is 24.2 Å². The Balaban J connectivity index is 1.90. The third kappa shape index (κ3) is 3.39. The molecule has 1 N–H and O–H groups in total. The van der Waals surface area contributed by atoms with Crippen molar-refractivity contribution >= 4 is 22.5 Å². The van der Waals surface area contributed by atoms with Gasteiger partial charge in [-0.05, 0) is 19.3 Å². The van der Waals surface area contributed by atoms with E-state index >= 15 is 0 Å². The molecule has 2 amide bonds. The molecule has 6 heteroatoms. The highest BCUT2D eigenvalue weighted by atomic mass is 32.1. The first-order valence-corrected chi connectivity index (χ1v) is 6.99. The maximum Gasteiger partial charge on any atom is 0.323 e. The van der Waals surface area contributed by atoms with E-state index < -0.39 is 0 Å². The number of amides is 2. The second-order valence-corrected chi connectivity index (χ2v) is 5.25. The van der Waals surface area contributed by atoms with E-state index in [1.54, 1.807) is 0 Å². The molecule has 0 saturated carbocycles. The van der Waals surface area contributed by atoms with Crippen LogP contribution in [-0.2, 0) is 6.42 Å². The number of rotatable bonds is 2. The van der Waals surface area contributed by atoms with Gasteiger partial charge in [-0.15, -0.1) is 10.2 Å². The summed E-state index contributed by atoms with van der Waals surface area (Å²) in [7, 11) is 0. The zero-order chi connectivity index (χ0) is 12.1. The normalized spacial score (nSPS) is 16.6. The van der Waals surface area contributed by atoms with Gasteiger partial charge >= 0.3 is 6.03 Å². The third-order valence-corrected chi connectivity index (χ3v) is 3.86. The Morgan fingerprint density at radius 3 is 2.59 bits per heavy atom. The summed E-state index contributed by atoms with van der Waals surface area (Å²) in [5.74, 6) is 0. The summed E-state index contributed by atoms with van der Waals surface area (Å²) >= 11 is 1.45. The van der Waals surface area contributed by atoms with Crippen LogP contribution in [0, 0.1) is 0 Å². The number of carbonyl (C=O) groups excluding carboxylic acids is 1. The minimum atomic E-state index is -0.0364. The molecule has 1 aliphatic heterocycles. The van der Waals surface area contributed by atoms with Gasteiger partial charge in [0.2, 0.25) is 5.13 Å². The Bertz CT molecular complexity index is 371. The fourth-order valence-electron chi connectivity index (χ4n) is 1.89. The standard InChI is InChI=1S/C11H18N4OS/c1-2-9-13-14-10(17-9)12-11(16)15-7-5-3-4-6-8-15/h2-8H2,1H3,(H,12,14,16). The van der Waals surface area contributed by atoms with E-state index in [2.05, 4.69) is 15.5 Å². The second kappa shape index (κ2) is 5.95. The molecule has 0 unspecified atom stereocenters. The Labute approximate surface area is 105 Å². The monoisotopic (exact) mass is 254 g/mol. The van der Waals surface area contributed by atoms with Gasteiger partial charge in [0, 0.05) is 13.1 Å². The number of urea groups is 1. The molecule has 17 heavy (non-hydrogen) atoms.